The molecule has 3 amide bonds. The molecule has 0 atom stereocenters. The minimum atomic E-state index is -0.297. The standard InChI is InChI=1S/C26H26ClN3O2/c27-23-10-12-24(13-11-23)29-26(32)28-18-19-6-8-22(9-7-19)25(31)30-16-14-21(15-17-30)20-4-2-1-3-5-20/h1-13,21H,14-18H2,(H2,28,29,32). The molecule has 6 heteroatoms. The number of halogens is 1. The number of hydrogen-bond donors (Lipinski definition) is 2. The van der Waals surface area contributed by atoms with Gasteiger partial charge >= 0.3 is 6.03 Å². The Bertz CT molecular complexity index is 1040. The first-order chi connectivity index (χ1) is 15.6. The molecule has 1 aliphatic rings. The second-order valence-electron chi connectivity index (χ2n) is 7.99. The van der Waals surface area contributed by atoms with Crippen LogP contribution < -0.4 is 10.6 Å². The smallest absolute Gasteiger partial charge is 0.319 e. The summed E-state index contributed by atoms with van der Waals surface area (Å²) in [5.41, 5.74) is 3.63. The van der Waals surface area contributed by atoms with Crippen molar-refractivity contribution in [3.63, 3.8) is 0 Å². The van der Waals surface area contributed by atoms with Gasteiger partial charge in [0.15, 0.2) is 0 Å². The van der Waals surface area contributed by atoms with E-state index in [-0.39, 0.29) is 11.9 Å². The normalized spacial score (nSPS) is 14.1. The van der Waals surface area contributed by atoms with Crippen molar-refractivity contribution < 1.29 is 9.59 Å². The van der Waals surface area contributed by atoms with E-state index in [0.717, 1.165) is 31.5 Å². The molecular formula is C26H26ClN3O2. The molecule has 1 saturated heterocycles. The summed E-state index contributed by atoms with van der Waals surface area (Å²) >= 11 is 5.85. The average Bonchev–Trinajstić information content (AvgIpc) is 2.85. The fourth-order valence-electron chi connectivity index (χ4n) is 3.98. The van der Waals surface area contributed by atoms with Crippen molar-refractivity contribution in [2.24, 2.45) is 0 Å². The zero-order valence-corrected chi connectivity index (χ0v) is 18.5. The largest absolute Gasteiger partial charge is 0.339 e. The summed E-state index contributed by atoms with van der Waals surface area (Å²) in [5.74, 6) is 0.587. The minimum Gasteiger partial charge on any atom is -0.339 e. The van der Waals surface area contributed by atoms with Crippen molar-refractivity contribution >= 4 is 29.2 Å². The number of anilines is 1. The molecule has 3 aromatic rings. The Kier molecular flexibility index (Phi) is 7.07. The Morgan fingerprint density at radius 3 is 2.19 bits per heavy atom. The molecule has 3 aromatic carbocycles. The molecule has 0 aliphatic carbocycles. The SMILES string of the molecule is O=C(NCc1ccc(C(=O)N2CCC(c3ccccc3)CC2)cc1)Nc1ccc(Cl)cc1. The Labute approximate surface area is 193 Å². The summed E-state index contributed by atoms with van der Waals surface area (Å²) in [4.78, 5) is 26.9. The third kappa shape index (κ3) is 5.68. The van der Waals surface area contributed by atoms with E-state index in [0.29, 0.717) is 28.7 Å². The van der Waals surface area contributed by atoms with Crippen LogP contribution in [0.15, 0.2) is 78.9 Å². The van der Waals surface area contributed by atoms with Gasteiger partial charge in [-0.25, -0.2) is 4.79 Å². The summed E-state index contributed by atoms with van der Waals surface area (Å²) in [6.45, 7) is 1.91. The lowest BCUT2D eigenvalue weighted by Crippen LogP contribution is -2.37. The zero-order valence-electron chi connectivity index (χ0n) is 17.8. The molecule has 0 radical (unpaired) electrons. The molecule has 164 valence electrons. The number of urea groups is 1. The van der Waals surface area contributed by atoms with Gasteiger partial charge in [-0.2, -0.15) is 0 Å². The second-order valence-corrected chi connectivity index (χ2v) is 8.43. The number of hydrogen-bond acceptors (Lipinski definition) is 2. The first kappa shape index (κ1) is 21.9. The first-order valence-electron chi connectivity index (χ1n) is 10.8. The van der Waals surface area contributed by atoms with Crippen molar-refractivity contribution in [3.05, 3.63) is 101 Å². The molecule has 1 heterocycles. The van der Waals surface area contributed by atoms with E-state index < -0.39 is 0 Å². The van der Waals surface area contributed by atoms with Crippen LogP contribution in [-0.4, -0.2) is 29.9 Å². The summed E-state index contributed by atoms with van der Waals surface area (Å²) in [5, 5.41) is 6.19. The van der Waals surface area contributed by atoms with Crippen LogP contribution in [0.5, 0.6) is 0 Å². The van der Waals surface area contributed by atoms with Crippen molar-refractivity contribution in [2.45, 2.75) is 25.3 Å². The van der Waals surface area contributed by atoms with Crippen LogP contribution in [0.25, 0.3) is 0 Å². The first-order valence-corrected chi connectivity index (χ1v) is 11.2. The topological polar surface area (TPSA) is 61.4 Å². The highest BCUT2D eigenvalue weighted by Crippen LogP contribution is 2.28. The van der Waals surface area contributed by atoms with Gasteiger partial charge in [-0.15, -0.1) is 0 Å². The molecule has 0 aromatic heterocycles. The molecule has 32 heavy (non-hydrogen) atoms. The maximum Gasteiger partial charge on any atom is 0.319 e. The van der Waals surface area contributed by atoms with Crippen LogP contribution in [0.3, 0.4) is 0 Å². The highest BCUT2D eigenvalue weighted by atomic mass is 35.5. The summed E-state index contributed by atoms with van der Waals surface area (Å²) in [6.07, 6.45) is 1.97. The van der Waals surface area contributed by atoms with Crippen LogP contribution >= 0.6 is 11.6 Å². The Hall–Kier alpha value is -3.31. The maximum atomic E-state index is 12.9. The van der Waals surface area contributed by atoms with Crippen LogP contribution in [-0.2, 0) is 6.54 Å². The number of piperidine rings is 1. The number of nitrogens with one attached hydrogen (secondary N) is 2. The number of nitrogens with zero attached hydrogens (tertiary/aromatic N) is 1. The monoisotopic (exact) mass is 447 g/mol. The van der Waals surface area contributed by atoms with Crippen molar-refractivity contribution in [3.8, 4) is 0 Å². The summed E-state index contributed by atoms with van der Waals surface area (Å²) in [7, 11) is 0. The van der Waals surface area contributed by atoms with Crippen LogP contribution in [0.2, 0.25) is 5.02 Å². The Morgan fingerprint density at radius 2 is 1.53 bits per heavy atom. The number of benzene rings is 3. The van der Waals surface area contributed by atoms with Gasteiger partial charge in [0.1, 0.15) is 0 Å². The predicted octanol–water partition coefficient (Wildman–Crippen LogP) is 5.68. The van der Waals surface area contributed by atoms with Gasteiger partial charge < -0.3 is 15.5 Å². The van der Waals surface area contributed by atoms with Crippen molar-refractivity contribution in [1.29, 1.82) is 0 Å². The lowest BCUT2D eigenvalue weighted by atomic mass is 9.89. The molecule has 4 rings (SSSR count). The lowest BCUT2D eigenvalue weighted by Gasteiger charge is -2.32. The second kappa shape index (κ2) is 10.3. The maximum absolute atomic E-state index is 12.9. The quantitative estimate of drug-likeness (QED) is 0.528. The fourth-order valence-corrected chi connectivity index (χ4v) is 4.11. The number of rotatable bonds is 5. The number of amides is 3. The van der Waals surface area contributed by atoms with Crippen LogP contribution in [0.4, 0.5) is 10.5 Å². The molecule has 5 nitrogen and oxygen atoms in total. The Morgan fingerprint density at radius 1 is 0.875 bits per heavy atom. The Balaban J connectivity index is 1.25. The fraction of sp³-hybridized carbons (Fsp3) is 0.231. The van der Waals surface area contributed by atoms with Gasteiger partial charge in [-0.3, -0.25) is 4.79 Å². The van der Waals surface area contributed by atoms with Crippen LogP contribution in [0, 0.1) is 0 Å². The van der Waals surface area contributed by atoms with E-state index in [2.05, 4.69) is 34.9 Å². The third-order valence-corrected chi connectivity index (χ3v) is 6.06. The minimum absolute atomic E-state index is 0.0662. The molecule has 0 saturated carbocycles. The lowest BCUT2D eigenvalue weighted by molar-refractivity contribution is 0.0713. The van der Waals surface area contributed by atoms with Gasteiger partial charge in [-0.1, -0.05) is 54.1 Å². The van der Waals surface area contributed by atoms with Gasteiger partial charge in [0.25, 0.3) is 5.91 Å². The zero-order chi connectivity index (χ0) is 22.3. The summed E-state index contributed by atoms with van der Waals surface area (Å²) in [6, 6.07) is 24.6. The molecule has 0 unspecified atom stereocenters. The summed E-state index contributed by atoms with van der Waals surface area (Å²) < 4.78 is 0. The number of carbonyl (C=O) groups is 2. The predicted molar refractivity (Wildman–Crippen MR) is 128 cm³/mol. The highest BCUT2D eigenvalue weighted by Gasteiger charge is 2.24. The molecule has 1 fully saturated rings. The van der Waals surface area contributed by atoms with E-state index in [1.165, 1.54) is 5.56 Å². The average molecular weight is 448 g/mol. The highest BCUT2D eigenvalue weighted by molar-refractivity contribution is 6.30. The molecular weight excluding hydrogens is 422 g/mol. The van der Waals surface area contributed by atoms with E-state index in [1.807, 2.05) is 35.2 Å². The van der Waals surface area contributed by atoms with Gasteiger partial charge in [0.2, 0.25) is 0 Å². The molecule has 2 N–H and O–H groups in total. The number of likely N-dealkylation sites (tertiary alicyclic amines) is 1. The van der Waals surface area contributed by atoms with Crippen LogP contribution in [0.1, 0.15) is 40.2 Å². The molecule has 0 spiro atoms. The van der Waals surface area contributed by atoms with Crippen molar-refractivity contribution in [1.82, 2.24) is 10.2 Å². The van der Waals surface area contributed by atoms with E-state index in [9.17, 15) is 9.59 Å². The van der Waals surface area contributed by atoms with Gasteiger partial charge in [0.05, 0.1) is 0 Å². The van der Waals surface area contributed by atoms with Crippen molar-refractivity contribution in [2.75, 3.05) is 18.4 Å². The molecule has 1 aliphatic heterocycles. The van der Waals surface area contributed by atoms with Gasteiger partial charge in [-0.05, 0) is 66.3 Å². The molecule has 0 bridgehead atoms. The van der Waals surface area contributed by atoms with E-state index in [4.69, 9.17) is 11.6 Å². The van der Waals surface area contributed by atoms with E-state index in [1.54, 1.807) is 24.3 Å². The third-order valence-electron chi connectivity index (χ3n) is 5.81. The van der Waals surface area contributed by atoms with Gasteiger partial charge in [0, 0.05) is 35.9 Å². The number of carbonyl (C=O) groups excluding carboxylic acids is 2. The van der Waals surface area contributed by atoms with E-state index >= 15 is 0 Å².